The molecule has 0 radical (unpaired) electrons. The number of hydrogen-bond acceptors (Lipinski definition) is 5. The number of aromatic nitrogens is 2. The van der Waals surface area contributed by atoms with Gasteiger partial charge in [-0.1, -0.05) is 42.0 Å². The van der Waals surface area contributed by atoms with Crippen LogP contribution in [0.5, 0.6) is 0 Å². The Balaban J connectivity index is 1.43. The molecule has 1 aromatic heterocycles. The van der Waals surface area contributed by atoms with E-state index in [1.54, 1.807) is 0 Å². The fourth-order valence-corrected chi connectivity index (χ4v) is 3.25. The third-order valence-corrected chi connectivity index (χ3v) is 4.98. The Morgan fingerprint density at radius 1 is 1.03 bits per heavy atom. The monoisotopic (exact) mass is 388 g/mol. The lowest BCUT2D eigenvalue weighted by Gasteiger charge is -2.27. The third kappa shape index (κ3) is 4.78. The first kappa shape index (κ1) is 19.1. The van der Waals surface area contributed by atoms with Crippen LogP contribution >= 0.6 is 0 Å². The summed E-state index contributed by atoms with van der Waals surface area (Å²) in [5.41, 5.74) is 4.50. The van der Waals surface area contributed by atoms with E-state index in [2.05, 4.69) is 20.4 Å². The number of morpholine rings is 1. The molecule has 1 fully saturated rings. The van der Waals surface area contributed by atoms with Crippen molar-refractivity contribution in [2.45, 2.75) is 13.5 Å². The molecule has 2 heterocycles. The van der Waals surface area contributed by atoms with Crippen LogP contribution in [0.15, 0.2) is 60.7 Å². The summed E-state index contributed by atoms with van der Waals surface area (Å²) in [6, 6.07) is 19.5. The van der Waals surface area contributed by atoms with Crippen LogP contribution in [0.2, 0.25) is 0 Å². The minimum absolute atomic E-state index is 0.106. The Morgan fingerprint density at radius 3 is 2.55 bits per heavy atom. The standard InChI is InChI=1S/C23H24N4O2/c1-17-5-7-18(8-6-17)16-24-23(28)20-4-2-3-19(15-20)21-9-10-22(26-25-21)27-11-13-29-14-12-27/h2-10,15H,11-14,16H2,1H3,(H,24,28). The predicted molar refractivity (Wildman–Crippen MR) is 113 cm³/mol. The van der Waals surface area contributed by atoms with Gasteiger partial charge in [-0.3, -0.25) is 4.79 Å². The van der Waals surface area contributed by atoms with Gasteiger partial charge in [0.25, 0.3) is 5.91 Å². The van der Waals surface area contributed by atoms with Crippen molar-refractivity contribution in [3.8, 4) is 11.3 Å². The maximum absolute atomic E-state index is 12.6. The molecule has 148 valence electrons. The molecule has 1 saturated heterocycles. The number of amides is 1. The van der Waals surface area contributed by atoms with Gasteiger partial charge in [0, 0.05) is 30.8 Å². The van der Waals surface area contributed by atoms with E-state index in [4.69, 9.17) is 4.74 Å². The fourth-order valence-electron chi connectivity index (χ4n) is 3.25. The smallest absolute Gasteiger partial charge is 0.251 e. The molecule has 0 aliphatic carbocycles. The maximum Gasteiger partial charge on any atom is 0.251 e. The van der Waals surface area contributed by atoms with E-state index in [0.717, 1.165) is 35.7 Å². The fraction of sp³-hybridized carbons (Fsp3) is 0.261. The molecular weight excluding hydrogens is 364 g/mol. The summed E-state index contributed by atoms with van der Waals surface area (Å²) < 4.78 is 5.38. The highest BCUT2D eigenvalue weighted by Gasteiger charge is 2.13. The first-order chi connectivity index (χ1) is 14.2. The summed E-state index contributed by atoms with van der Waals surface area (Å²) in [6.07, 6.45) is 0. The van der Waals surface area contributed by atoms with E-state index < -0.39 is 0 Å². The van der Waals surface area contributed by atoms with Crippen LogP contribution in [-0.2, 0) is 11.3 Å². The molecular formula is C23H24N4O2. The highest BCUT2D eigenvalue weighted by molar-refractivity contribution is 5.95. The van der Waals surface area contributed by atoms with Crippen molar-refractivity contribution in [3.05, 3.63) is 77.4 Å². The quantitative estimate of drug-likeness (QED) is 0.727. The molecule has 1 N–H and O–H groups in total. The van der Waals surface area contributed by atoms with Gasteiger partial charge in [0.05, 0.1) is 18.9 Å². The minimum Gasteiger partial charge on any atom is -0.378 e. The van der Waals surface area contributed by atoms with Crippen LogP contribution in [-0.4, -0.2) is 42.4 Å². The number of nitrogens with one attached hydrogen (secondary N) is 1. The number of nitrogens with zero attached hydrogens (tertiary/aromatic N) is 3. The molecule has 0 unspecified atom stereocenters. The van der Waals surface area contributed by atoms with Crippen LogP contribution in [0.3, 0.4) is 0 Å². The molecule has 2 aromatic carbocycles. The summed E-state index contributed by atoms with van der Waals surface area (Å²) in [6.45, 7) is 5.61. The average molecular weight is 388 g/mol. The number of aryl methyl sites for hydroxylation is 1. The van der Waals surface area contributed by atoms with Crippen molar-refractivity contribution >= 4 is 11.7 Å². The van der Waals surface area contributed by atoms with Gasteiger partial charge >= 0.3 is 0 Å². The highest BCUT2D eigenvalue weighted by atomic mass is 16.5. The van der Waals surface area contributed by atoms with Crippen molar-refractivity contribution < 1.29 is 9.53 Å². The first-order valence-electron chi connectivity index (χ1n) is 9.80. The normalized spacial score (nSPS) is 13.9. The van der Waals surface area contributed by atoms with Crippen LogP contribution < -0.4 is 10.2 Å². The Morgan fingerprint density at radius 2 is 1.83 bits per heavy atom. The lowest BCUT2D eigenvalue weighted by atomic mass is 10.1. The molecule has 1 aliphatic heterocycles. The zero-order valence-electron chi connectivity index (χ0n) is 16.5. The van der Waals surface area contributed by atoms with Crippen molar-refractivity contribution in [1.82, 2.24) is 15.5 Å². The average Bonchev–Trinajstić information content (AvgIpc) is 2.79. The molecule has 1 aliphatic rings. The van der Waals surface area contributed by atoms with Crippen LogP contribution in [0.1, 0.15) is 21.5 Å². The second kappa shape index (κ2) is 8.84. The van der Waals surface area contributed by atoms with E-state index in [9.17, 15) is 4.79 Å². The predicted octanol–water partition coefficient (Wildman–Crippen LogP) is 3.22. The van der Waals surface area contributed by atoms with Crippen molar-refractivity contribution in [3.63, 3.8) is 0 Å². The van der Waals surface area contributed by atoms with E-state index in [-0.39, 0.29) is 5.91 Å². The van der Waals surface area contributed by atoms with Crippen LogP contribution in [0.4, 0.5) is 5.82 Å². The zero-order valence-corrected chi connectivity index (χ0v) is 16.5. The number of rotatable bonds is 5. The summed E-state index contributed by atoms with van der Waals surface area (Å²) in [5.74, 6) is 0.745. The first-order valence-corrected chi connectivity index (χ1v) is 9.80. The largest absolute Gasteiger partial charge is 0.378 e. The lowest BCUT2D eigenvalue weighted by Crippen LogP contribution is -2.36. The van der Waals surface area contributed by atoms with E-state index in [0.29, 0.717) is 25.3 Å². The lowest BCUT2D eigenvalue weighted by molar-refractivity contribution is 0.0951. The number of benzene rings is 2. The Bertz CT molecular complexity index is 965. The Hall–Kier alpha value is -3.25. The topological polar surface area (TPSA) is 67.4 Å². The van der Waals surface area contributed by atoms with Crippen molar-refractivity contribution in [1.29, 1.82) is 0 Å². The molecule has 6 heteroatoms. The number of carbonyl (C=O) groups excluding carboxylic acids is 1. The van der Waals surface area contributed by atoms with Gasteiger partial charge in [0.1, 0.15) is 0 Å². The van der Waals surface area contributed by atoms with E-state index >= 15 is 0 Å². The van der Waals surface area contributed by atoms with Gasteiger partial charge in [-0.25, -0.2) is 0 Å². The van der Waals surface area contributed by atoms with Crippen LogP contribution in [0.25, 0.3) is 11.3 Å². The number of ether oxygens (including phenoxy) is 1. The summed E-state index contributed by atoms with van der Waals surface area (Å²) in [4.78, 5) is 14.7. The molecule has 1 amide bonds. The van der Waals surface area contributed by atoms with Crippen molar-refractivity contribution in [2.24, 2.45) is 0 Å². The second-order valence-electron chi connectivity index (χ2n) is 7.13. The van der Waals surface area contributed by atoms with Gasteiger partial charge in [0.2, 0.25) is 0 Å². The van der Waals surface area contributed by atoms with Gasteiger partial charge in [-0.05, 0) is 36.8 Å². The number of hydrogen-bond donors (Lipinski definition) is 1. The Labute approximate surface area is 170 Å². The molecule has 4 rings (SSSR count). The van der Waals surface area contributed by atoms with E-state index in [1.807, 2.05) is 67.6 Å². The number of carbonyl (C=O) groups is 1. The van der Waals surface area contributed by atoms with Gasteiger partial charge < -0.3 is 15.0 Å². The molecule has 0 atom stereocenters. The third-order valence-electron chi connectivity index (χ3n) is 4.98. The second-order valence-corrected chi connectivity index (χ2v) is 7.13. The van der Waals surface area contributed by atoms with Gasteiger partial charge in [-0.2, -0.15) is 0 Å². The summed E-state index contributed by atoms with van der Waals surface area (Å²) >= 11 is 0. The SMILES string of the molecule is Cc1ccc(CNC(=O)c2cccc(-c3ccc(N4CCOCC4)nn3)c2)cc1. The molecule has 0 bridgehead atoms. The van der Waals surface area contributed by atoms with Gasteiger partial charge in [0.15, 0.2) is 5.82 Å². The molecule has 6 nitrogen and oxygen atoms in total. The summed E-state index contributed by atoms with van der Waals surface area (Å²) in [7, 11) is 0. The molecule has 3 aromatic rings. The number of anilines is 1. The van der Waals surface area contributed by atoms with Gasteiger partial charge in [-0.15, -0.1) is 10.2 Å². The maximum atomic E-state index is 12.6. The summed E-state index contributed by atoms with van der Waals surface area (Å²) in [5, 5.41) is 11.7. The van der Waals surface area contributed by atoms with Crippen LogP contribution in [0, 0.1) is 6.92 Å². The zero-order chi connectivity index (χ0) is 20.1. The Kier molecular flexibility index (Phi) is 5.81. The molecule has 0 spiro atoms. The minimum atomic E-state index is -0.106. The van der Waals surface area contributed by atoms with E-state index in [1.165, 1.54) is 5.56 Å². The molecule has 29 heavy (non-hydrogen) atoms. The van der Waals surface area contributed by atoms with Crippen molar-refractivity contribution in [2.75, 3.05) is 31.2 Å². The molecule has 0 saturated carbocycles. The highest BCUT2D eigenvalue weighted by Crippen LogP contribution is 2.20.